The van der Waals surface area contributed by atoms with Gasteiger partial charge in [0.1, 0.15) is 5.65 Å². The van der Waals surface area contributed by atoms with Crippen LogP contribution in [0, 0.1) is 11.8 Å². The van der Waals surface area contributed by atoms with Gasteiger partial charge in [-0.15, -0.1) is 0 Å². The largest absolute Gasteiger partial charge is 0.396 e. The van der Waals surface area contributed by atoms with Crippen molar-refractivity contribution in [1.29, 1.82) is 0 Å². The summed E-state index contributed by atoms with van der Waals surface area (Å²) in [4.78, 5) is 14.3. The van der Waals surface area contributed by atoms with Crippen molar-refractivity contribution in [2.75, 3.05) is 18.5 Å². The SMILES string of the molecule is CC(CO)[C@H]1CC[C@H](Nc2ncc3cc4n(c3n2)C2(CCCCC2)CN=C4)CC1. The van der Waals surface area contributed by atoms with Crippen molar-refractivity contribution in [2.45, 2.75) is 76.3 Å². The molecular formula is C23H33N5O. The number of aliphatic hydroxyl groups excluding tert-OH is 1. The van der Waals surface area contributed by atoms with Crippen molar-refractivity contribution in [1.82, 2.24) is 14.5 Å². The van der Waals surface area contributed by atoms with Gasteiger partial charge in [0.05, 0.1) is 17.8 Å². The Labute approximate surface area is 172 Å². The van der Waals surface area contributed by atoms with Crippen LogP contribution in [0.5, 0.6) is 0 Å². The third-order valence-electron chi connectivity index (χ3n) is 7.63. The number of rotatable bonds is 4. The molecule has 5 rings (SSSR count). The molecule has 1 atom stereocenters. The molecular weight excluding hydrogens is 362 g/mol. The van der Waals surface area contributed by atoms with Crippen LogP contribution in [0.2, 0.25) is 0 Å². The number of aliphatic imine (C=N–C) groups is 1. The van der Waals surface area contributed by atoms with Gasteiger partial charge in [-0.25, -0.2) is 4.98 Å². The van der Waals surface area contributed by atoms with Crippen molar-refractivity contribution < 1.29 is 5.11 Å². The first-order valence-corrected chi connectivity index (χ1v) is 11.4. The van der Waals surface area contributed by atoms with Crippen LogP contribution in [-0.4, -0.2) is 45.0 Å². The Hall–Kier alpha value is -1.95. The third-order valence-corrected chi connectivity index (χ3v) is 7.63. The maximum Gasteiger partial charge on any atom is 0.224 e. The van der Waals surface area contributed by atoms with Crippen molar-refractivity contribution in [3.63, 3.8) is 0 Å². The standard InChI is InChI=1S/C23H33N5O/c1-16(14-29)17-5-7-19(8-6-17)26-22-25-12-18-11-20-13-24-15-23(9-3-2-4-10-23)28(20)21(18)27-22/h11-13,16-17,19,29H,2-10,14-15H2,1H3,(H,25,26,27)/t16?,17-,19-. The van der Waals surface area contributed by atoms with Crippen LogP contribution in [0.4, 0.5) is 5.95 Å². The molecule has 3 heterocycles. The summed E-state index contributed by atoms with van der Waals surface area (Å²) in [6.07, 6.45) is 14.8. The van der Waals surface area contributed by atoms with Crippen LogP contribution < -0.4 is 5.32 Å². The van der Waals surface area contributed by atoms with Gasteiger partial charge in [-0.05, 0) is 56.4 Å². The van der Waals surface area contributed by atoms with Crippen molar-refractivity contribution in [3.05, 3.63) is 18.0 Å². The van der Waals surface area contributed by atoms with E-state index in [1.807, 2.05) is 12.4 Å². The summed E-state index contributed by atoms with van der Waals surface area (Å²) in [5.41, 5.74) is 2.35. The number of anilines is 1. The molecule has 1 aliphatic heterocycles. The molecule has 2 aliphatic carbocycles. The maximum atomic E-state index is 9.42. The van der Waals surface area contributed by atoms with Gasteiger partial charge in [0.2, 0.25) is 5.95 Å². The van der Waals surface area contributed by atoms with Gasteiger partial charge in [0.25, 0.3) is 0 Å². The van der Waals surface area contributed by atoms with Crippen LogP contribution in [0.15, 0.2) is 17.3 Å². The number of aromatic nitrogens is 3. The van der Waals surface area contributed by atoms with E-state index in [0.717, 1.165) is 36.4 Å². The second-order valence-corrected chi connectivity index (χ2v) is 9.55. The fourth-order valence-electron chi connectivity index (χ4n) is 5.81. The molecule has 0 bridgehead atoms. The lowest BCUT2D eigenvalue weighted by Gasteiger charge is -2.40. The molecule has 2 aromatic rings. The van der Waals surface area contributed by atoms with Gasteiger partial charge in [0.15, 0.2) is 0 Å². The molecule has 1 spiro atoms. The van der Waals surface area contributed by atoms with Gasteiger partial charge in [-0.1, -0.05) is 26.2 Å². The van der Waals surface area contributed by atoms with Gasteiger partial charge in [0, 0.05) is 30.4 Å². The Bertz CT molecular complexity index is 890. The Kier molecular flexibility index (Phi) is 5.06. The zero-order valence-electron chi connectivity index (χ0n) is 17.5. The smallest absolute Gasteiger partial charge is 0.224 e. The maximum absolute atomic E-state index is 9.42. The molecule has 0 saturated heterocycles. The number of fused-ring (bicyclic) bond motifs is 4. The molecule has 2 aromatic heterocycles. The van der Waals surface area contributed by atoms with E-state index in [1.165, 1.54) is 50.6 Å². The van der Waals surface area contributed by atoms with E-state index in [1.54, 1.807) is 0 Å². The first-order valence-electron chi connectivity index (χ1n) is 11.4. The van der Waals surface area contributed by atoms with Crippen LogP contribution in [0.3, 0.4) is 0 Å². The van der Waals surface area contributed by atoms with Gasteiger partial charge < -0.3 is 15.0 Å². The summed E-state index contributed by atoms with van der Waals surface area (Å²) in [5, 5.41) is 14.1. The van der Waals surface area contributed by atoms with Crippen molar-refractivity contribution in [3.8, 4) is 0 Å². The first-order chi connectivity index (χ1) is 14.2. The number of nitrogens with one attached hydrogen (secondary N) is 1. The highest BCUT2D eigenvalue weighted by molar-refractivity contribution is 5.90. The zero-order chi connectivity index (χ0) is 19.8. The number of hydrogen-bond donors (Lipinski definition) is 2. The number of aliphatic hydroxyl groups is 1. The molecule has 29 heavy (non-hydrogen) atoms. The average molecular weight is 396 g/mol. The van der Waals surface area contributed by atoms with E-state index in [-0.39, 0.29) is 5.54 Å². The highest BCUT2D eigenvalue weighted by atomic mass is 16.3. The second kappa shape index (κ2) is 7.71. The minimum Gasteiger partial charge on any atom is -0.396 e. The van der Waals surface area contributed by atoms with E-state index in [9.17, 15) is 5.11 Å². The van der Waals surface area contributed by atoms with E-state index in [4.69, 9.17) is 9.98 Å². The summed E-state index contributed by atoms with van der Waals surface area (Å²) < 4.78 is 2.47. The molecule has 2 N–H and O–H groups in total. The lowest BCUT2D eigenvalue weighted by atomic mass is 9.79. The van der Waals surface area contributed by atoms with E-state index < -0.39 is 0 Å². The lowest BCUT2D eigenvalue weighted by Crippen LogP contribution is -2.42. The van der Waals surface area contributed by atoms with Crippen molar-refractivity contribution in [2.24, 2.45) is 16.8 Å². The quantitative estimate of drug-likeness (QED) is 0.816. The molecule has 156 valence electrons. The Balaban J connectivity index is 1.39. The van der Waals surface area contributed by atoms with Crippen LogP contribution in [-0.2, 0) is 5.54 Å². The molecule has 2 saturated carbocycles. The Morgan fingerprint density at radius 2 is 2.00 bits per heavy atom. The normalized spacial score (nSPS) is 27.1. The van der Waals surface area contributed by atoms with Crippen molar-refractivity contribution >= 4 is 23.2 Å². The summed E-state index contributed by atoms with van der Waals surface area (Å²) in [6, 6.07) is 2.62. The topological polar surface area (TPSA) is 75.3 Å². The fourth-order valence-corrected chi connectivity index (χ4v) is 5.81. The molecule has 6 nitrogen and oxygen atoms in total. The van der Waals surface area contributed by atoms with E-state index >= 15 is 0 Å². The van der Waals surface area contributed by atoms with Crippen LogP contribution >= 0.6 is 0 Å². The third kappa shape index (κ3) is 3.45. The molecule has 0 amide bonds. The molecule has 6 heteroatoms. The Morgan fingerprint density at radius 3 is 2.76 bits per heavy atom. The monoisotopic (exact) mass is 395 g/mol. The average Bonchev–Trinajstić information content (AvgIpc) is 3.14. The number of hydrogen-bond acceptors (Lipinski definition) is 5. The first kappa shape index (κ1) is 19.0. The summed E-state index contributed by atoms with van der Waals surface area (Å²) in [7, 11) is 0. The highest BCUT2D eigenvalue weighted by Crippen LogP contribution is 2.40. The molecule has 0 radical (unpaired) electrons. The predicted molar refractivity (Wildman–Crippen MR) is 117 cm³/mol. The molecule has 0 aromatic carbocycles. The van der Waals surface area contributed by atoms with Gasteiger partial charge in [-0.2, -0.15) is 4.98 Å². The van der Waals surface area contributed by atoms with Crippen LogP contribution in [0.25, 0.3) is 11.0 Å². The van der Waals surface area contributed by atoms with Gasteiger partial charge in [-0.3, -0.25) is 4.99 Å². The summed E-state index contributed by atoms with van der Waals surface area (Å²) >= 11 is 0. The summed E-state index contributed by atoms with van der Waals surface area (Å²) in [5.74, 6) is 1.80. The zero-order valence-corrected chi connectivity index (χ0v) is 17.5. The second-order valence-electron chi connectivity index (χ2n) is 9.55. The van der Waals surface area contributed by atoms with E-state index in [0.29, 0.717) is 24.5 Å². The predicted octanol–water partition coefficient (Wildman–Crippen LogP) is 4.12. The Morgan fingerprint density at radius 1 is 1.21 bits per heavy atom. The van der Waals surface area contributed by atoms with E-state index in [2.05, 4.69) is 27.9 Å². The molecule has 2 fully saturated rings. The minimum atomic E-state index is 0.105. The molecule has 3 aliphatic rings. The van der Waals surface area contributed by atoms with Crippen LogP contribution in [0.1, 0.15) is 70.4 Å². The lowest BCUT2D eigenvalue weighted by molar-refractivity contribution is 0.157. The number of nitrogens with zero attached hydrogens (tertiary/aromatic N) is 4. The molecule has 1 unspecified atom stereocenters. The minimum absolute atomic E-state index is 0.105. The van der Waals surface area contributed by atoms with Gasteiger partial charge >= 0.3 is 0 Å². The summed E-state index contributed by atoms with van der Waals surface area (Å²) in [6.45, 7) is 3.34. The highest BCUT2D eigenvalue weighted by Gasteiger charge is 2.38. The fraction of sp³-hybridized carbons (Fsp3) is 0.696.